The molecule has 5 rings (SSSR count). The van der Waals surface area contributed by atoms with Crippen molar-refractivity contribution >= 4 is 29.1 Å². The Morgan fingerprint density at radius 3 is 3.00 bits per heavy atom. The van der Waals surface area contributed by atoms with Crippen molar-refractivity contribution < 1.29 is 14.3 Å². The molecule has 2 aromatic heterocycles. The normalized spacial score (nSPS) is 18.5. The standard InChI is InChI=1S/C27H29N7O3/c1-4-24(35)28-14-18-8-7-11-37-26-20(15-29-33(26)3)22-13-19(12-17(2)30-22)25(36)32-27-31-21-9-5-6-10-23(21)34(27)16-18/h4-6,9-10,12-13,15,18H,1,7-8,11,14,16H2,2-3H3,(H,28,35)(H,31,32,36)/t18-/m0/s1. The van der Waals surface area contributed by atoms with E-state index in [0.717, 1.165) is 24.2 Å². The second-order valence-electron chi connectivity index (χ2n) is 9.17. The topological polar surface area (TPSA) is 114 Å². The Hall–Kier alpha value is -4.47. The monoisotopic (exact) mass is 499 g/mol. The molecule has 37 heavy (non-hydrogen) atoms. The molecule has 2 N–H and O–H groups in total. The number of hydrogen-bond donors (Lipinski definition) is 2. The Morgan fingerprint density at radius 1 is 1.32 bits per heavy atom. The smallest absolute Gasteiger partial charge is 0.280 e. The van der Waals surface area contributed by atoms with Crippen molar-refractivity contribution in [1.82, 2.24) is 20.1 Å². The summed E-state index contributed by atoms with van der Waals surface area (Å²) >= 11 is 0. The minimum atomic E-state index is -0.384. The SMILES string of the molecule is C=CC(=O)NC[C@@H]1CCCOc2c(cnn2C)-c2cc(cc(C)n2)C(=O)/N=C2\Nc3ccccc3N2C1. The Morgan fingerprint density at radius 2 is 2.16 bits per heavy atom. The van der Waals surface area contributed by atoms with Gasteiger partial charge in [-0.1, -0.05) is 18.7 Å². The lowest BCUT2D eigenvalue weighted by molar-refractivity contribution is -0.116. The fourth-order valence-corrected chi connectivity index (χ4v) is 4.63. The van der Waals surface area contributed by atoms with Crippen LogP contribution >= 0.6 is 0 Å². The van der Waals surface area contributed by atoms with Gasteiger partial charge in [0, 0.05) is 31.4 Å². The molecule has 2 aliphatic rings. The van der Waals surface area contributed by atoms with Crippen molar-refractivity contribution in [2.24, 2.45) is 18.0 Å². The highest BCUT2D eigenvalue weighted by Crippen LogP contribution is 2.34. The summed E-state index contributed by atoms with van der Waals surface area (Å²) in [6, 6.07) is 11.3. The zero-order valence-corrected chi connectivity index (χ0v) is 20.9. The van der Waals surface area contributed by atoms with Crippen molar-refractivity contribution in [2.75, 3.05) is 29.9 Å². The van der Waals surface area contributed by atoms with Gasteiger partial charge in [0.25, 0.3) is 5.91 Å². The van der Waals surface area contributed by atoms with E-state index in [1.807, 2.05) is 43.1 Å². The van der Waals surface area contributed by atoms with Crippen LogP contribution in [0, 0.1) is 12.8 Å². The Labute approximate surface area is 215 Å². The summed E-state index contributed by atoms with van der Waals surface area (Å²) in [6.07, 6.45) is 4.48. The molecule has 10 heteroatoms. The molecule has 1 aromatic carbocycles. The molecule has 3 aromatic rings. The molecule has 0 radical (unpaired) electrons. The number of aromatic nitrogens is 3. The molecule has 1 atom stereocenters. The number of para-hydroxylation sites is 2. The van der Waals surface area contributed by atoms with Gasteiger partial charge in [0.05, 0.1) is 35.4 Å². The molecule has 0 aliphatic carbocycles. The molecule has 10 nitrogen and oxygen atoms in total. The van der Waals surface area contributed by atoms with Crippen molar-refractivity contribution in [3.05, 3.63) is 66.5 Å². The maximum absolute atomic E-state index is 13.4. The maximum Gasteiger partial charge on any atom is 0.280 e. The predicted octanol–water partition coefficient (Wildman–Crippen LogP) is 3.31. The van der Waals surface area contributed by atoms with E-state index in [1.165, 1.54) is 6.08 Å². The number of pyridine rings is 1. The number of guanidine groups is 1. The van der Waals surface area contributed by atoms with E-state index in [1.54, 1.807) is 23.0 Å². The number of fused-ring (bicyclic) bond motifs is 7. The van der Waals surface area contributed by atoms with Crippen molar-refractivity contribution in [2.45, 2.75) is 19.8 Å². The van der Waals surface area contributed by atoms with E-state index in [4.69, 9.17) is 4.74 Å². The predicted molar refractivity (Wildman–Crippen MR) is 142 cm³/mol. The summed E-state index contributed by atoms with van der Waals surface area (Å²) in [5, 5.41) is 10.6. The van der Waals surface area contributed by atoms with Crippen LogP contribution in [0.3, 0.4) is 0 Å². The largest absolute Gasteiger partial charge is 0.477 e. The van der Waals surface area contributed by atoms with Gasteiger partial charge in [0.1, 0.15) is 0 Å². The van der Waals surface area contributed by atoms with E-state index in [2.05, 4.69) is 32.3 Å². The van der Waals surface area contributed by atoms with Gasteiger partial charge < -0.3 is 20.3 Å². The first-order chi connectivity index (χ1) is 17.9. The number of anilines is 2. The third kappa shape index (κ3) is 5.09. The average molecular weight is 500 g/mol. The van der Waals surface area contributed by atoms with Gasteiger partial charge in [-0.15, -0.1) is 0 Å². The number of amides is 2. The number of aliphatic imine (C=N–C) groups is 1. The van der Waals surface area contributed by atoms with Gasteiger partial charge in [-0.25, -0.2) is 4.68 Å². The molecule has 0 unspecified atom stereocenters. The van der Waals surface area contributed by atoms with Gasteiger partial charge >= 0.3 is 0 Å². The molecule has 0 fully saturated rings. The Bertz CT molecular complexity index is 1390. The molecule has 0 saturated heterocycles. The summed E-state index contributed by atoms with van der Waals surface area (Å²) < 4.78 is 7.82. The minimum Gasteiger partial charge on any atom is -0.477 e. The number of ether oxygens (including phenoxy) is 1. The van der Waals surface area contributed by atoms with E-state index in [9.17, 15) is 9.59 Å². The second-order valence-corrected chi connectivity index (χ2v) is 9.17. The number of nitrogens with one attached hydrogen (secondary N) is 2. The quantitative estimate of drug-likeness (QED) is 0.532. The number of carbonyl (C=O) groups excluding carboxylic acids is 2. The fourth-order valence-electron chi connectivity index (χ4n) is 4.63. The first kappa shape index (κ1) is 24.2. The summed E-state index contributed by atoms with van der Waals surface area (Å²) in [5.41, 5.74) is 4.24. The highest BCUT2D eigenvalue weighted by molar-refractivity contribution is 6.19. The van der Waals surface area contributed by atoms with Gasteiger partial charge in [-0.3, -0.25) is 14.6 Å². The molecule has 190 valence electrons. The van der Waals surface area contributed by atoms with Crippen LogP contribution in [0.15, 0.2) is 60.2 Å². The van der Waals surface area contributed by atoms with Crippen LogP contribution in [0.25, 0.3) is 11.3 Å². The highest BCUT2D eigenvalue weighted by atomic mass is 16.5. The number of nitrogens with zero attached hydrogens (tertiary/aromatic N) is 5. The average Bonchev–Trinajstić information content (AvgIpc) is 3.43. The summed E-state index contributed by atoms with van der Waals surface area (Å²) in [5.74, 6) is 0.491. The molecule has 2 bridgehead atoms. The van der Waals surface area contributed by atoms with Gasteiger partial charge in [-0.05, 0) is 56.0 Å². The molecular weight excluding hydrogens is 470 g/mol. The first-order valence-electron chi connectivity index (χ1n) is 12.2. The summed E-state index contributed by atoms with van der Waals surface area (Å²) in [4.78, 5) is 36.5. The third-order valence-corrected chi connectivity index (χ3v) is 6.45. The van der Waals surface area contributed by atoms with Crippen LogP contribution in [0.5, 0.6) is 5.88 Å². The summed E-state index contributed by atoms with van der Waals surface area (Å²) in [7, 11) is 1.81. The number of carbonyl (C=O) groups is 2. The van der Waals surface area contributed by atoms with E-state index >= 15 is 0 Å². The molecular formula is C27H29N7O3. The van der Waals surface area contributed by atoms with E-state index < -0.39 is 0 Å². The number of rotatable bonds is 3. The van der Waals surface area contributed by atoms with Crippen molar-refractivity contribution in [3.8, 4) is 17.1 Å². The minimum absolute atomic E-state index is 0.0573. The number of aryl methyl sites for hydroxylation is 2. The molecule has 0 spiro atoms. The van der Waals surface area contributed by atoms with Gasteiger partial charge in [-0.2, -0.15) is 10.1 Å². The fraction of sp³-hybridized carbons (Fsp3) is 0.296. The van der Waals surface area contributed by atoms with Crippen molar-refractivity contribution in [3.63, 3.8) is 0 Å². The van der Waals surface area contributed by atoms with E-state index in [0.29, 0.717) is 54.1 Å². The van der Waals surface area contributed by atoms with Crippen LogP contribution in [-0.2, 0) is 11.8 Å². The number of benzene rings is 1. The zero-order valence-electron chi connectivity index (χ0n) is 20.9. The first-order valence-corrected chi connectivity index (χ1v) is 12.2. The van der Waals surface area contributed by atoms with Crippen molar-refractivity contribution in [1.29, 1.82) is 0 Å². The summed E-state index contributed by atoms with van der Waals surface area (Å²) in [6.45, 7) is 6.85. The van der Waals surface area contributed by atoms with Crippen LogP contribution in [-0.4, -0.2) is 52.2 Å². The number of hydrogen-bond acceptors (Lipinski definition) is 7. The van der Waals surface area contributed by atoms with Crippen LogP contribution in [0.2, 0.25) is 0 Å². The lowest BCUT2D eigenvalue weighted by Gasteiger charge is -2.25. The maximum atomic E-state index is 13.4. The Kier molecular flexibility index (Phi) is 6.72. The molecule has 0 saturated carbocycles. The molecule has 2 amide bonds. The third-order valence-electron chi connectivity index (χ3n) is 6.45. The van der Waals surface area contributed by atoms with Crippen LogP contribution in [0.1, 0.15) is 28.9 Å². The highest BCUT2D eigenvalue weighted by Gasteiger charge is 2.29. The van der Waals surface area contributed by atoms with Crippen LogP contribution < -0.4 is 20.3 Å². The zero-order chi connectivity index (χ0) is 25.9. The Balaban J connectivity index is 1.56. The molecule has 2 aliphatic heterocycles. The van der Waals surface area contributed by atoms with Gasteiger partial charge in [0.2, 0.25) is 17.7 Å². The van der Waals surface area contributed by atoms with Gasteiger partial charge in [0.15, 0.2) is 0 Å². The molecule has 4 heterocycles. The lowest BCUT2D eigenvalue weighted by atomic mass is 10.0. The van der Waals surface area contributed by atoms with E-state index in [-0.39, 0.29) is 17.7 Å². The second kappa shape index (κ2) is 10.3. The lowest BCUT2D eigenvalue weighted by Crippen LogP contribution is -2.40. The van der Waals surface area contributed by atoms with Crippen LogP contribution in [0.4, 0.5) is 11.4 Å².